The van der Waals surface area contributed by atoms with Gasteiger partial charge >= 0.3 is 0 Å². The summed E-state index contributed by atoms with van der Waals surface area (Å²) in [5.41, 5.74) is 1.55. The van der Waals surface area contributed by atoms with Crippen LogP contribution in [-0.2, 0) is 0 Å². The van der Waals surface area contributed by atoms with E-state index in [-0.39, 0.29) is 5.75 Å². The molecule has 3 rings (SSSR count). The van der Waals surface area contributed by atoms with Gasteiger partial charge in [0.2, 0.25) is 0 Å². The first-order valence-corrected chi connectivity index (χ1v) is 6.80. The molecule has 0 radical (unpaired) electrons. The molecule has 0 fully saturated rings. The van der Waals surface area contributed by atoms with Crippen molar-refractivity contribution in [1.82, 2.24) is 10.3 Å². The molecule has 3 aromatic rings. The van der Waals surface area contributed by atoms with E-state index in [4.69, 9.17) is 0 Å². The van der Waals surface area contributed by atoms with E-state index in [2.05, 4.69) is 10.3 Å². The third-order valence-electron chi connectivity index (χ3n) is 3.66. The maximum Gasteiger partial charge on any atom is 0.159 e. The predicted molar refractivity (Wildman–Crippen MR) is 80.7 cm³/mol. The summed E-state index contributed by atoms with van der Waals surface area (Å²) >= 11 is 0. The SMILES string of the molecule is CNC(c1ccc(F)c(F)c1)c1ccc2cccnc2c1O. The Bertz CT molecular complexity index is 836. The van der Waals surface area contributed by atoms with Crippen LogP contribution < -0.4 is 5.32 Å². The molecule has 22 heavy (non-hydrogen) atoms. The van der Waals surface area contributed by atoms with Crippen LogP contribution in [0.5, 0.6) is 5.75 Å². The minimum absolute atomic E-state index is 0.0298. The van der Waals surface area contributed by atoms with Crippen LogP contribution in [0.3, 0.4) is 0 Å². The Balaban J connectivity index is 2.14. The second kappa shape index (κ2) is 5.69. The first-order valence-electron chi connectivity index (χ1n) is 6.80. The van der Waals surface area contributed by atoms with Crippen molar-refractivity contribution in [1.29, 1.82) is 0 Å². The van der Waals surface area contributed by atoms with Crippen LogP contribution >= 0.6 is 0 Å². The van der Waals surface area contributed by atoms with Gasteiger partial charge in [0, 0.05) is 17.1 Å². The molecule has 112 valence electrons. The van der Waals surface area contributed by atoms with Crippen molar-refractivity contribution in [2.24, 2.45) is 0 Å². The number of hydrogen-bond donors (Lipinski definition) is 2. The lowest BCUT2D eigenvalue weighted by molar-refractivity contribution is 0.465. The van der Waals surface area contributed by atoms with Crippen LogP contribution in [0.25, 0.3) is 10.9 Å². The zero-order chi connectivity index (χ0) is 15.7. The molecule has 5 heteroatoms. The maximum absolute atomic E-state index is 13.5. The van der Waals surface area contributed by atoms with E-state index in [0.29, 0.717) is 16.6 Å². The van der Waals surface area contributed by atoms with Crippen molar-refractivity contribution >= 4 is 10.9 Å². The van der Waals surface area contributed by atoms with E-state index in [1.165, 1.54) is 6.07 Å². The van der Waals surface area contributed by atoms with Crippen molar-refractivity contribution in [3.8, 4) is 5.75 Å². The lowest BCUT2D eigenvalue weighted by Gasteiger charge is -2.19. The topological polar surface area (TPSA) is 45.2 Å². The minimum atomic E-state index is -0.920. The number of pyridine rings is 1. The zero-order valence-corrected chi connectivity index (χ0v) is 11.8. The standard InChI is InChI=1S/C17H14F2N2O/c1-20-15(11-5-7-13(18)14(19)9-11)12-6-4-10-3-2-8-21-16(10)17(12)22/h2-9,15,20,22H,1H3. The summed E-state index contributed by atoms with van der Waals surface area (Å²) in [6.07, 6.45) is 1.60. The second-order valence-electron chi connectivity index (χ2n) is 4.97. The van der Waals surface area contributed by atoms with Gasteiger partial charge in [-0.25, -0.2) is 8.78 Å². The van der Waals surface area contributed by atoms with Gasteiger partial charge in [0.15, 0.2) is 11.6 Å². The van der Waals surface area contributed by atoms with Gasteiger partial charge < -0.3 is 10.4 Å². The van der Waals surface area contributed by atoms with Crippen LogP contribution in [0.15, 0.2) is 48.7 Å². The number of phenolic OH excluding ortho intramolecular Hbond substituents is 1. The summed E-state index contributed by atoms with van der Waals surface area (Å²) in [6.45, 7) is 0. The zero-order valence-electron chi connectivity index (χ0n) is 11.8. The van der Waals surface area contributed by atoms with Crippen LogP contribution in [-0.4, -0.2) is 17.1 Å². The summed E-state index contributed by atoms with van der Waals surface area (Å²) in [5.74, 6) is -1.79. The summed E-state index contributed by atoms with van der Waals surface area (Å²) < 4.78 is 26.6. The molecule has 0 aliphatic rings. The molecule has 3 nitrogen and oxygen atoms in total. The van der Waals surface area contributed by atoms with Crippen molar-refractivity contribution in [3.63, 3.8) is 0 Å². The van der Waals surface area contributed by atoms with Gasteiger partial charge in [-0.1, -0.05) is 24.3 Å². The van der Waals surface area contributed by atoms with Crippen molar-refractivity contribution in [2.45, 2.75) is 6.04 Å². The van der Waals surface area contributed by atoms with Crippen LogP contribution in [0, 0.1) is 11.6 Å². The highest BCUT2D eigenvalue weighted by Gasteiger charge is 2.19. The number of hydrogen-bond acceptors (Lipinski definition) is 3. The molecule has 0 aliphatic carbocycles. The number of halogens is 2. The summed E-state index contributed by atoms with van der Waals surface area (Å²) in [6, 6.07) is 10.4. The van der Waals surface area contributed by atoms with Gasteiger partial charge in [-0.2, -0.15) is 0 Å². The van der Waals surface area contributed by atoms with Gasteiger partial charge in [-0.15, -0.1) is 0 Å². The number of rotatable bonds is 3. The molecule has 1 heterocycles. The van der Waals surface area contributed by atoms with E-state index in [1.54, 1.807) is 25.4 Å². The molecule has 0 saturated heterocycles. The van der Waals surface area contributed by atoms with Gasteiger partial charge in [0.25, 0.3) is 0 Å². The molecule has 2 N–H and O–H groups in total. The molecule has 0 saturated carbocycles. The Morgan fingerprint density at radius 1 is 1.09 bits per heavy atom. The molecule has 2 aromatic carbocycles. The van der Waals surface area contributed by atoms with E-state index in [0.717, 1.165) is 17.5 Å². The predicted octanol–water partition coefficient (Wildman–Crippen LogP) is 3.53. The quantitative estimate of drug-likeness (QED) is 0.778. The minimum Gasteiger partial charge on any atom is -0.505 e. The molecule has 0 spiro atoms. The largest absolute Gasteiger partial charge is 0.505 e. The van der Waals surface area contributed by atoms with E-state index >= 15 is 0 Å². The number of fused-ring (bicyclic) bond motifs is 1. The van der Waals surface area contributed by atoms with Crippen molar-refractivity contribution in [3.05, 3.63) is 71.4 Å². The molecule has 0 bridgehead atoms. The Morgan fingerprint density at radius 2 is 1.91 bits per heavy atom. The molecular weight excluding hydrogens is 286 g/mol. The van der Waals surface area contributed by atoms with Gasteiger partial charge in [0.1, 0.15) is 11.3 Å². The first kappa shape index (κ1) is 14.4. The smallest absolute Gasteiger partial charge is 0.159 e. The number of aromatic hydroxyl groups is 1. The van der Waals surface area contributed by atoms with E-state index in [1.807, 2.05) is 12.1 Å². The Hall–Kier alpha value is -2.53. The Labute approximate surface area is 126 Å². The average Bonchev–Trinajstić information content (AvgIpc) is 2.54. The van der Waals surface area contributed by atoms with Crippen LogP contribution in [0.1, 0.15) is 17.2 Å². The summed E-state index contributed by atoms with van der Waals surface area (Å²) in [4.78, 5) is 4.17. The van der Waals surface area contributed by atoms with E-state index < -0.39 is 17.7 Å². The normalized spacial score (nSPS) is 12.5. The lowest BCUT2D eigenvalue weighted by atomic mass is 9.96. The average molecular weight is 300 g/mol. The lowest BCUT2D eigenvalue weighted by Crippen LogP contribution is -2.18. The molecule has 0 amide bonds. The fourth-order valence-corrected chi connectivity index (χ4v) is 2.57. The molecule has 1 atom stereocenters. The number of nitrogens with zero attached hydrogens (tertiary/aromatic N) is 1. The Morgan fingerprint density at radius 3 is 2.64 bits per heavy atom. The Kier molecular flexibility index (Phi) is 3.73. The van der Waals surface area contributed by atoms with Gasteiger partial charge in [-0.3, -0.25) is 4.98 Å². The van der Waals surface area contributed by atoms with Crippen LogP contribution in [0.2, 0.25) is 0 Å². The van der Waals surface area contributed by atoms with Crippen LogP contribution in [0.4, 0.5) is 8.78 Å². The van der Waals surface area contributed by atoms with Crippen molar-refractivity contribution in [2.75, 3.05) is 7.05 Å². The van der Waals surface area contributed by atoms with Gasteiger partial charge in [-0.05, 0) is 30.8 Å². The number of phenols is 1. The molecule has 1 aromatic heterocycles. The molecular formula is C17H14F2N2O. The summed E-state index contributed by atoms with van der Waals surface area (Å²) in [5, 5.41) is 14.3. The number of nitrogens with one attached hydrogen (secondary N) is 1. The number of aromatic nitrogens is 1. The first-order chi connectivity index (χ1) is 10.6. The third-order valence-corrected chi connectivity index (χ3v) is 3.66. The fraction of sp³-hybridized carbons (Fsp3) is 0.118. The third kappa shape index (κ3) is 2.40. The summed E-state index contributed by atoms with van der Waals surface area (Å²) in [7, 11) is 1.69. The molecule has 0 aliphatic heterocycles. The highest BCUT2D eigenvalue weighted by Crippen LogP contribution is 2.34. The van der Waals surface area contributed by atoms with Crippen molar-refractivity contribution < 1.29 is 13.9 Å². The molecule has 1 unspecified atom stereocenters. The highest BCUT2D eigenvalue weighted by molar-refractivity contribution is 5.85. The monoisotopic (exact) mass is 300 g/mol. The maximum atomic E-state index is 13.5. The van der Waals surface area contributed by atoms with E-state index in [9.17, 15) is 13.9 Å². The van der Waals surface area contributed by atoms with Gasteiger partial charge in [0.05, 0.1) is 6.04 Å². The fourth-order valence-electron chi connectivity index (χ4n) is 2.57. The number of benzene rings is 2. The highest BCUT2D eigenvalue weighted by atomic mass is 19.2. The second-order valence-corrected chi connectivity index (χ2v) is 4.97.